The summed E-state index contributed by atoms with van der Waals surface area (Å²) in [5.74, 6) is 0. The molecule has 0 aliphatic carbocycles. The minimum absolute atomic E-state index is 0.00917. The number of carbonyl (C=O) groups is 1. The van der Waals surface area contributed by atoms with Gasteiger partial charge in [0.1, 0.15) is 19.0 Å². The molecule has 0 saturated carbocycles. The number of aldehydes is 1. The van der Waals surface area contributed by atoms with Gasteiger partial charge in [0, 0.05) is 0 Å². The molecule has 0 unspecified atom stereocenters. The van der Waals surface area contributed by atoms with Gasteiger partial charge in [-0.2, -0.15) is 0 Å². The average Bonchev–Trinajstić information content (AvgIpc) is 1.89. The van der Waals surface area contributed by atoms with E-state index in [0.29, 0.717) is 6.29 Å². The molecular formula is C5H10O4. The van der Waals surface area contributed by atoms with Gasteiger partial charge in [-0.3, -0.25) is 0 Å². The first-order valence-electron chi connectivity index (χ1n) is 2.61. The normalized spacial score (nSPS) is 13.1. The van der Waals surface area contributed by atoms with E-state index in [0.717, 1.165) is 0 Å². The van der Waals surface area contributed by atoms with Crippen LogP contribution in [0.1, 0.15) is 0 Å². The van der Waals surface area contributed by atoms with E-state index in [1.54, 1.807) is 0 Å². The Labute approximate surface area is 53.1 Å². The van der Waals surface area contributed by atoms with Crippen LogP contribution in [0.25, 0.3) is 0 Å². The highest BCUT2D eigenvalue weighted by atomic mass is 16.5. The molecule has 4 heteroatoms. The minimum atomic E-state index is -0.870. The van der Waals surface area contributed by atoms with Crippen molar-refractivity contribution >= 4 is 6.29 Å². The highest BCUT2D eigenvalue weighted by Gasteiger charge is 1.99. The van der Waals surface area contributed by atoms with Crippen LogP contribution in [0.15, 0.2) is 0 Å². The molecule has 0 rings (SSSR count). The van der Waals surface area contributed by atoms with Crippen molar-refractivity contribution in [3.63, 3.8) is 0 Å². The van der Waals surface area contributed by atoms with Crippen molar-refractivity contribution in [2.45, 2.75) is 6.10 Å². The molecule has 0 spiro atoms. The number of hydrogen-bond donors (Lipinski definition) is 2. The van der Waals surface area contributed by atoms with Crippen LogP contribution in [-0.2, 0) is 9.53 Å². The zero-order chi connectivity index (χ0) is 7.11. The Bertz CT molecular complexity index is 73.4. The summed E-state index contributed by atoms with van der Waals surface area (Å²) in [7, 11) is 0. The van der Waals surface area contributed by atoms with E-state index in [1.165, 1.54) is 0 Å². The second-order valence-electron chi connectivity index (χ2n) is 1.54. The van der Waals surface area contributed by atoms with Crippen LogP contribution in [0.5, 0.6) is 0 Å². The predicted octanol–water partition coefficient (Wildman–Crippen LogP) is -1.44. The lowest BCUT2D eigenvalue weighted by Crippen LogP contribution is -2.19. The third-order valence-corrected chi connectivity index (χ3v) is 0.707. The Kier molecular flexibility index (Phi) is 5.40. The SMILES string of the molecule is O=CCOC[C@@H](O)CO. The predicted molar refractivity (Wildman–Crippen MR) is 30.0 cm³/mol. The van der Waals surface area contributed by atoms with Crippen molar-refractivity contribution in [3.8, 4) is 0 Å². The monoisotopic (exact) mass is 134 g/mol. The zero-order valence-electron chi connectivity index (χ0n) is 4.99. The van der Waals surface area contributed by atoms with E-state index in [2.05, 4.69) is 4.74 Å². The molecule has 4 nitrogen and oxygen atoms in total. The summed E-state index contributed by atoms with van der Waals surface area (Å²) >= 11 is 0. The lowest BCUT2D eigenvalue weighted by molar-refractivity contribution is -0.113. The van der Waals surface area contributed by atoms with Gasteiger partial charge in [-0.05, 0) is 0 Å². The van der Waals surface area contributed by atoms with E-state index in [4.69, 9.17) is 10.2 Å². The summed E-state index contributed by atoms with van der Waals surface area (Å²) in [6, 6.07) is 0. The average molecular weight is 134 g/mol. The van der Waals surface area contributed by atoms with Gasteiger partial charge in [0.15, 0.2) is 0 Å². The Hall–Kier alpha value is -0.450. The molecule has 54 valence electrons. The van der Waals surface area contributed by atoms with Crippen LogP contribution in [0.3, 0.4) is 0 Å². The van der Waals surface area contributed by atoms with Crippen molar-refractivity contribution in [2.75, 3.05) is 19.8 Å². The molecule has 1 atom stereocenters. The van der Waals surface area contributed by atoms with Crippen LogP contribution >= 0.6 is 0 Å². The van der Waals surface area contributed by atoms with Crippen LogP contribution < -0.4 is 0 Å². The van der Waals surface area contributed by atoms with Crippen LogP contribution in [0.2, 0.25) is 0 Å². The lowest BCUT2D eigenvalue weighted by Gasteiger charge is -2.04. The summed E-state index contributed by atoms with van der Waals surface area (Å²) in [6.45, 7) is -0.356. The standard InChI is InChI=1S/C5H10O4/c6-1-2-9-4-5(8)3-7/h1,5,7-8H,2-4H2/t5-/m0/s1. The highest BCUT2D eigenvalue weighted by Crippen LogP contribution is 1.80. The van der Waals surface area contributed by atoms with E-state index in [9.17, 15) is 4.79 Å². The molecule has 0 heterocycles. The van der Waals surface area contributed by atoms with E-state index >= 15 is 0 Å². The van der Waals surface area contributed by atoms with Crippen LogP contribution in [0.4, 0.5) is 0 Å². The summed E-state index contributed by atoms with van der Waals surface area (Å²) in [4.78, 5) is 9.61. The second kappa shape index (κ2) is 5.68. The fourth-order valence-corrected chi connectivity index (χ4v) is 0.305. The summed E-state index contributed by atoms with van der Waals surface area (Å²) in [5.41, 5.74) is 0. The first-order chi connectivity index (χ1) is 4.31. The summed E-state index contributed by atoms with van der Waals surface area (Å²) < 4.78 is 4.56. The van der Waals surface area contributed by atoms with E-state index in [1.807, 2.05) is 0 Å². The number of ether oxygens (including phenoxy) is 1. The second-order valence-corrected chi connectivity index (χ2v) is 1.54. The lowest BCUT2D eigenvalue weighted by atomic mass is 10.4. The van der Waals surface area contributed by atoms with Gasteiger partial charge < -0.3 is 19.7 Å². The van der Waals surface area contributed by atoms with Gasteiger partial charge >= 0.3 is 0 Å². The maximum absolute atomic E-state index is 9.61. The van der Waals surface area contributed by atoms with Gasteiger partial charge in [-0.1, -0.05) is 0 Å². The molecule has 0 amide bonds. The van der Waals surface area contributed by atoms with Crippen LogP contribution in [-0.4, -0.2) is 42.4 Å². The molecule has 0 bridgehead atoms. The zero-order valence-corrected chi connectivity index (χ0v) is 4.99. The van der Waals surface area contributed by atoms with Gasteiger partial charge in [0.2, 0.25) is 0 Å². The maximum Gasteiger partial charge on any atom is 0.145 e. The van der Waals surface area contributed by atoms with Gasteiger partial charge in [0.25, 0.3) is 0 Å². The minimum Gasteiger partial charge on any atom is -0.394 e. The summed E-state index contributed by atoms with van der Waals surface area (Å²) in [6.07, 6.45) is -0.283. The third kappa shape index (κ3) is 5.42. The van der Waals surface area contributed by atoms with Gasteiger partial charge in [-0.25, -0.2) is 0 Å². The maximum atomic E-state index is 9.61. The fourth-order valence-electron chi connectivity index (χ4n) is 0.305. The van der Waals surface area contributed by atoms with Crippen molar-refractivity contribution in [1.82, 2.24) is 0 Å². The first-order valence-corrected chi connectivity index (χ1v) is 2.61. The highest BCUT2D eigenvalue weighted by molar-refractivity contribution is 5.50. The van der Waals surface area contributed by atoms with Crippen LogP contribution in [0, 0.1) is 0 Å². The fraction of sp³-hybridized carbons (Fsp3) is 0.800. The number of aliphatic hydroxyl groups is 2. The quantitative estimate of drug-likeness (QED) is 0.357. The van der Waals surface area contributed by atoms with Gasteiger partial charge in [0.05, 0.1) is 13.2 Å². The molecule has 0 saturated heterocycles. The largest absolute Gasteiger partial charge is 0.394 e. The number of hydrogen-bond acceptors (Lipinski definition) is 4. The topological polar surface area (TPSA) is 66.8 Å². The molecule has 0 aliphatic rings. The van der Waals surface area contributed by atoms with Crippen molar-refractivity contribution in [3.05, 3.63) is 0 Å². The molecule has 0 radical (unpaired) electrons. The Morgan fingerprint density at radius 1 is 1.67 bits per heavy atom. The molecule has 0 aromatic rings. The molecule has 0 aliphatic heterocycles. The number of aliphatic hydroxyl groups excluding tert-OH is 2. The Morgan fingerprint density at radius 2 is 2.33 bits per heavy atom. The van der Waals surface area contributed by atoms with E-state index in [-0.39, 0.29) is 19.8 Å². The van der Waals surface area contributed by atoms with Gasteiger partial charge in [-0.15, -0.1) is 0 Å². The van der Waals surface area contributed by atoms with Crippen molar-refractivity contribution in [1.29, 1.82) is 0 Å². The molecule has 0 fully saturated rings. The smallest absolute Gasteiger partial charge is 0.145 e. The Balaban J connectivity index is 2.96. The molecule has 0 aromatic carbocycles. The number of carbonyl (C=O) groups excluding carboxylic acids is 1. The number of rotatable bonds is 5. The molecular weight excluding hydrogens is 124 g/mol. The van der Waals surface area contributed by atoms with E-state index < -0.39 is 6.10 Å². The summed E-state index contributed by atoms with van der Waals surface area (Å²) in [5, 5.41) is 16.8. The Morgan fingerprint density at radius 3 is 2.78 bits per heavy atom. The van der Waals surface area contributed by atoms with Crippen molar-refractivity contribution in [2.24, 2.45) is 0 Å². The molecule has 9 heavy (non-hydrogen) atoms. The molecule has 0 aromatic heterocycles. The third-order valence-electron chi connectivity index (χ3n) is 0.707. The van der Waals surface area contributed by atoms with Crippen molar-refractivity contribution < 1.29 is 19.7 Å². The molecule has 2 N–H and O–H groups in total. The first kappa shape index (κ1) is 8.55.